The number of rotatable bonds is 6. The molecule has 3 N–H and O–H groups in total. The van der Waals surface area contributed by atoms with Gasteiger partial charge >= 0.3 is 6.09 Å². The molecule has 0 spiro atoms. The summed E-state index contributed by atoms with van der Waals surface area (Å²) in [6.07, 6.45) is 2.59. The lowest BCUT2D eigenvalue weighted by Crippen LogP contribution is -2.36. The van der Waals surface area contributed by atoms with E-state index in [0.29, 0.717) is 35.2 Å². The number of likely N-dealkylation sites (N-methyl/N-ethyl adjacent to an activating group) is 2. The SMILES string of the molecule is CNCCN(C)C(=O)OC1=C(C2CCC(c3ccc(Cl)cc3)CC2)C(=O)c2ccccc2C1=O.Cl.O. The number of hydrogen-bond acceptors (Lipinski definition) is 5. The average molecular weight is 535 g/mol. The Labute approximate surface area is 222 Å². The normalized spacial score (nSPS) is 19.1. The van der Waals surface area contributed by atoms with E-state index in [1.807, 2.05) is 24.3 Å². The number of nitrogens with one attached hydrogen (secondary N) is 1. The first kappa shape index (κ1) is 29.5. The van der Waals surface area contributed by atoms with Crippen LogP contribution in [0.1, 0.15) is 57.9 Å². The average Bonchev–Trinajstić information content (AvgIpc) is 2.86. The van der Waals surface area contributed by atoms with E-state index in [-0.39, 0.29) is 40.9 Å². The zero-order chi connectivity index (χ0) is 24.2. The Bertz CT molecular complexity index is 1130. The van der Waals surface area contributed by atoms with Crippen LogP contribution in [-0.4, -0.2) is 55.2 Å². The fraction of sp³-hybridized carbons (Fsp3) is 0.370. The Morgan fingerprint density at radius 2 is 1.53 bits per heavy atom. The van der Waals surface area contributed by atoms with Gasteiger partial charge in [-0.1, -0.05) is 48.0 Å². The van der Waals surface area contributed by atoms with Gasteiger partial charge in [0.15, 0.2) is 11.5 Å². The van der Waals surface area contributed by atoms with Gasteiger partial charge in [0, 0.05) is 36.3 Å². The number of amides is 1. The molecule has 7 nitrogen and oxygen atoms in total. The highest BCUT2D eigenvalue weighted by Crippen LogP contribution is 2.42. The molecule has 0 aliphatic heterocycles. The fourth-order valence-corrected chi connectivity index (χ4v) is 4.96. The summed E-state index contributed by atoms with van der Waals surface area (Å²) in [6.45, 7) is 1.00. The smallest absolute Gasteiger partial charge is 0.412 e. The highest BCUT2D eigenvalue weighted by atomic mass is 35.5. The van der Waals surface area contributed by atoms with Crippen LogP contribution >= 0.6 is 24.0 Å². The molecule has 36 heavy (non-hydrogen) atoms. The largest absolute Gasteiger partial charge is 0.415 e. The molecule has 1 amide bonds. The number of ether oxygens (including phenoxy) is 1. The van der Waals surface area contributed by atoms with Crippen LogP contribution in [0, 0.1) is 5.92 Å². The van der Waals surface area contributed by atoms with Gasteiger partial charge < -0.3 is 20.4 Å². The minimum atomic E-state index is -0.641. The van der Waals surface area contributed by atoms with Crippen LogP contribution in [0.15, 0.2) is 59.9 Å². The number of benzene rings is 2. The van der Waals surface area contributed by atoms with Gasteiger partial charge in [0.05, 0.1) is 5.57 Å². The number of hydrogen-bond donors (Lipinski definition) is 1. The summed E-state index contributed by atoms with van der Waals surface area (Å²) in [4.78, 5) is 41.1. The maximum Gasteiger partial charge on any atom is 0.415 e. The minimum absolute atomic E-state index is 0. The van der Waals surface area contributed by atoms with Crippen molar-refractivity contribution in [2.45, 2.75) is 31.6 Å². The summed E-state index contributed by atoms with van der Waals surface area (Å²) in [5.74, 6) is -0.501. The van der Waals surface area contributed by atoms with Gasteiger partial charge in [0.25, 0.3) is 0 Å². The molecule has 0 aromatic heterocycles. The maximum absolute atomic E-state index is 13.5. The van der Waals surface area contributed by atoms with Crippen LogP contribution in [0.3, 0.4) is 0 Å². The summed E-state index contributed by atoms with van der Waals surface area (Å²) in [5.41, 5.74) is 2.23. The van der Waals surface area contributed by atoms with Crippen molar-refractivity contribution in [3.63, 3.8) is 0 Å². The number of carbonyl (C=O) groups is 3. The number of allylic oxidation sites excluding steroid dienone is 2. The Morgan fingerprint density at radius 3 is 2.11 bits per heavy atom. The molecule has 0 saturated heterocycles. The molecule has 9 heteroatoms. The summed E-state index contributed by atoms with van der Waals surface area (Å²) >= 11 is 6.03. The van der Waals surface area contributed by atoms with Crippen molar-refractivity contribution >= 4 is 41.7 Å². The molecular weight excluding hydrogens is 503 g/mol. The molecule has 0 bridgehead atoms. The van der Waals surface area contributed by atoms with Crippen molar-refractivity contribution in [2.24, 2.45) is 5.92 Å². The molecule has 2 aliphatic rings. The van der Waals surface area contributed by atoms with E-state index in [1.165, 1.54) is 10.5 Å². The topological polar surface area (TPSA) is 107 Å². The van der Waals surface area contributed by atoms with Gasteiger partial charge in [-0.3, -0.25) is 9.59 Å². The van der Waals surface area contributed by atoms with Gasteiger partial charge in [0.2, 0.25) is 5.78 Å². The molecule has 2 aromatic rings. The van der Waals surface area contributed by atoms with E-state index in [4.69, 9.17) is 16.3 Å². The first-order valence-corrected chi connectivity index (χ1v) is 12.0. The van der Waals surface area contributed by atoms with E-state index in [0.717, 1.165) is 25.7 Å². The van der Waals surface area contributed by atoms with E-state index in [1.54, 1.807) is 38.4 Å². The van der Waals surface area contributed by atoms with E-state index < -0.39 is 11.9 Å². The Balaban J connectivity index is 0.00000228. The van der Waals surface area contributed by atoms with Crippen LogP contribution < -0.4 is 5.32 Å². The van der Waals surface area contributed by atoms with Gasteiger partial charge in [-0.25, -0.2) is 4.79 Å². The third-order valence-corrected chi connectivity index (χ3v) is 7.04. The summed E-state index contributed by atoms with van der Waals surface area (Å²) in [6, 6.07) is 14.6. The lowest BCUT2D eigenvalue weighted by molar-refractivity contribution is 0.0857. The summed E-state index contributed by atoms with van der Waals surface area (Å²) < 4.78 is 5.63. The Kier molecular flexibility index (Phi) is 10.7. The molecule has 1 fully saturated rings. The zero-order valence-electron chi connectivity index (χ0n) is 20.4. The van der Waals surface area contributed by atoms with Crippen molar-refractivity contribution in [1.82, 2.24) is 10.2 Å². The van der Waals surface area contributed by atoms with Crippen LogP contribution in [0.2, 0.25) is 5.02 Å². The summed E-state index contributed by atoms with van der Waals surface area (Å²) in [5, 5.41) is 3.68. The van der Waals surface area contributed by atoms with E-state index in [9.17, 15) is 14.4 Å². The predicted molar refractivity (Wildman–Crippen MR) is 142 cm³/mol. The molecule has 0 heterocycles. The molecule has 0 atom stereocenters. The second-order valence-corrected chi connectivity index (χ2v) is 9.38. The van der Waals surface area contributed by atoms with Crippen molar-refractivity contribution in [3.8, 4) is 0 Å². The number of nitrogens with zero attached hydrogens (tertiary/aromatic N) is 1. The molecule has 0 radical (unpaired) electrons. The van der Waals surface area contributed by atoms with Crippen LogP contribution in [-0.2, 0) is 4.74 Å². The van der Waals surface area contributed by atoms with Gasteiger partial charge in [-0.2, -0.15) is 0 Å². The standard InChI is InChI=1S/C27H29ClN2O4.ClH.H2O/c1-29-15-16-30(2)27(33)34-26-23(24(31)21-5-3-4-6-22(21)25(26)32)19-9-7-17(8-10-19)18-11-13-20(28)14-12-18;;/h3-6,11-14,17,19,29H,7-10,15-16H2,1-2H3;1H;1H2. The molecule has 194 valence electrons. The second kappa shape index (κ2) is 13.0. The Morgan fingerprint density at radius 1 is 0.972 bits per heavy atom. The Hall–Kier alpha value is -2.71. The number of Topliss-reactive ketones (excluding diaryl/α,β-unsaturated/α-hetero) is 2. The molecule has 2 aliphatic carbocycles. The highest BCUT2D eigenvalue weighted by molar-refractivity contribution is 6.30. The second-order valence-electron chi connectivity index (χ2n) is 8.94. The van der Waals surface area contributed by atoms with Crippen molar-refractivity contribution in [3.05, 3.63) is 81.6 Å². The third-order valence-electron chi connectivity index (χ3n) is 6.79. The third kappa shape index (κ3) is 6.16. The van der Waals surface area contributed by atoms with Gasteiger partial charge in [0.1, 0.15) is 0 Å². The van der Waals surface area contributed by atoms with Crippen LogP contribution in [0.25, 0.3) is 0 Å². The van der Waals surface area contributed by atoms with Crippen LogP contribution in [0.4, 0.5) is 4.79 Å². The first-order valence-electron chi connectivity index (χ1n) is 11.7. The number of halogens is 2. The van der Waals surface area contributed by atoms with Crippen LogP contribution in [0.5, 0.6) is 0 Å². The lowest BCUT2D eigenvalue weighted by Gasteiger charge is -2.32. The summed E-state index contributed by atoms with van der Waals surface area (Å²) in [7, 11) is 3.40. The quantitative estimate of drug-likeness (QED) is 0.570. The molecule has 1 saturated carbocycles. The van der Waals surface area contributed by atoms with E-state index in [2.05, 4.69) is 5.32 Å². The molecule has 0 unspecified atom stereocenters. The molecule has 4 rings (SSSR count). The van der Waals surface area contributed by atoms with E-state index >= 15 is 0 Å². The molecule has 2 aromatic carbocycles. The molecular formula is C27H32Cl2N2O5. The fourth-order valence-electron chi connectivity index (χ4n) is 4.83. The van der Waals surface area contributed by atoms with Gasteiger partial charge in [-0.05, 0) is 62.3 Å². The van der Waals surface area contributed by atoms with Crippen molar-refractivity contribution in [1.29, 1.82) is 0 Å². The zero-order valence-corrected chi connectivity index (χ0v) is 22.0. The first-order chi connectivity index (χ1) is 16.4. The number of fused-ring (bicyclic) bond motifs is 1. The number of carbonyl (C=O) groups excluding carboxylic acids is 3. The minimum Gasteiger partial charge on any atom is -0.412 e. The van der Waals surface area contributed by atoms with Gasteiger partial charge in [-0.15, -0.1) is 12.4 Å². The lowest BCUT2D eigenvalue weighted by atomic mass is 9.72. The van der Waals surface area contributed by atoms with Crippen molar-refractivity contribution < 1.29 is 24.6 Å². The predicted octanol–water partition coefficient (Wildman–Crippen LogP) is 4.83. The van der Waals surface area contributed by atoms with Crippen molar-refractivity contribution in [2.75, 3.05) is 27.2 Å². The maximum atomic E-state index is 13.5. The number of ketones is 2. The highest BCUT2D eigenvalue weighted by Gasteiger charge is 2.40. The monoisotopic (exact) mass is 534 g/mol.